The van der Waals surface area contributed by atoms with Gasteiger partial charge in [-0.25, -0.2) is 0 Å². The minimum Gasteiger partial charge on any atom is -0.460 e. The van der Waals surface area contributed by atoms with E-state index in [4.69, 9.17) is 9.47 Å². The van der Waals surface area contributed by atoms with E-state index in [1.807, 2.05) is 32.9 Å². The molecule has 0 heterocycles. The van der Waals surface area contributed by atoms with Gasteiger partial charge in [-0.1, -0.05) is 25.1 Å². The first-order valence-electron chi connectivity index (χ1n) is 7.42. The molecule has 1 aromatic carbocycles. The first-order chi connectivity index (χ1) is 9.87. The Hall–Kier alpha value is -1.55. The number of hydrogen-bond donors (Lipinski definition) is 1. The maximum absolute atomic E-state index is 12.0. The fourth-order valence-corrected chi connectivity index (χ4v) is 2.13. The Balaban J connectivity index is 2.87. The summed E-state index contributed by atoms with van der Waals surface area (Å²) in [4.78, 5) is 12.0. The summed E-state index contributed by atoms with van der Waals surface area (Å²) in [6.07, 6.45) is 1.19. The van der Waals surface area contributed by atoms with Crippen molar-refractivity contribution in [3.63, 3.8) is 0 Å². The molecule has 0 aliphatic carbocycles. The number of nitrogens with one attached hydrogen (secondary N) is 1. The second-order valence-electron chi connectivity index (χ2n) is 5.99. The zero-order valence-corrected chi connectivity index (χ0v) is 13.8. The highest BCUT2D eigenvalue weighted by Crippen LogP contribution is 2.23. The van der Waals surface area contributed by atoms with Crippen LogP contribution >= 0.6 is 0 Å². The molecule has 1 N–H and O–H groups in total. The smallest absolute Gasteiger partial charge is 0.310 e. The summed E-state index contributed by atoms with van der Waals surface area (Å²) in [7, 11) is 1.68. The Morgan fingerprint density at radius 1 is 1.24 bits per heavy atom. The first-order valence-corrected chi connectivity index (χ1v) is 7.42. The highest BCUT2D eigenvalue weighted by Gasteiger charge is 2.18. The van der Waals surface area contributed by atoms with Crippen LogP contribution in [0.3, 0.4) is 0 Å². The molecule has 4 heteroatoms. The third-order valence-corrected chi connectivity index (χ3v) is 2.98. The lowest BCUT2D eigenvalue weighted by molar-refractivity contribution is -0.153. The van der Waals surface area contributed by atoms with Crippen molar-refractivity contribution in [3.05, 3.63) is 29.3 Å². The van der Waals surface area contributed by atoms with E-state index < -0.39 is 5.60 Å². The molecule has 0 saturated carbocycles. The predicted molar refractivity (Wildman–Crippen MR) is 85.7 cm³/mol. The number of aryl methyl sites for hydroxylation is 1. The van der Waals surface area contributed by atoms with E-state index >= 15 is 0 Å². The lowest BCUT2D eigenvalue weighted by atomic mass is 10.0. The van der Waals surface area contributed by atoms with Crippen LogP contribution < -0.4 is 5.32 Å². The van der Waals surface area contributed by atoms with Crippen LogP contribution in [0.2, 0.25) is 0 Å². The van der Waals surface area contributed by atoms with E-state index in [9.17, 15) is 4.79 Å². The number of methoxy groups -OCH3 is 1. The molecule has 0 radical (unpaired) electrons. The van der Waals surface area contributed by atoms with Crippen molar-refractivity contribution in [3.8, 4) is 0 Å². The number of rotatable bonds is 7. The monoisotopic (exact) mass is 293 g/mol. The van der Waals surface area contributed by atoms with Crippen LogP contribution in [-0.2, 0) is 27.1 Å². The zero-order chi connectivity index (χ0) is 15.9. The zero-order valence-electron chi connectivity index (χ0n) is 13.8. The molecule has 0 aliphatic heterocycles. The number of carbonyl (C=O) groups is 1. The van der Waals surface area contributed by atoms with Gasteiger partial charge in [0.05, 0.1) is 13.0 Å². The van der Waals surface area contributed by atoms with Gasteiger partial charge in [0.15, 0.2) is 0 Å². The quantitative estimate of drug-likeness (QED) is 0.619. The molecule has 21 heavy (non-hydrogen) atoms. The largest absolute Gasteiger partial charge is 0.460 e. The average molecular weight is 293 g/mol. The minimum atomic E-state index is -0.455. The number of ether oxygens (including phenoxy) is 2. The Kier molecular flexibility index (Phi) is 6.69. The van der Waals surface area contributed by atoms with Crippen molar-refractivity contribution in [2.24, 2.45) is 0 Å². The Morgan fingerprint density at radius 3 is 2.48 bits per heavy atom. The molecule has 0 aliphatic rings. The molecule has 1 rings (SSSR count). The number of carbonyl (C=O) groups excluding carboxylic acids is 1. The minimum absolute atomic E-state index is 0.203. The van der Waals surface area contributed by atoms with Gasteiger partial charge < -0.3 is 14.8 Å². The lowest BCUT2D eigenvalue weighted by Gasteiger charge is -2.21. The van der Waals surface area contributed by atoms with Gasteiger partial charge in [0, 0.05) is 19.3 Å². The number of hydrogen-bond acceptors (Lipinski definition) is 4. The van der Waals surface area contributed by atoms with Crippen LogP contribution in [0, 0.1) is 0 Å². The fourth-order valence-electron chi connectivity index (χ4n) is 2.13. The molecule has 0 atom stereocenters. The van der Waals surface area contributed by atoms with Crippen molar-refractivity contribution >= 4 is 11.7 Å². The van der Waals surface area contributed by atoms with E-state index in [-0.39, 0.29) is 12.4 Å². The standard InChI is InChI=1S/C17H27NO3/c1-6-13-8-7-9-14(16(13)18-10-11-20-5)12-15(19)21-17(2,3)4/h7-9,18H,6,10-12H2,1-5H3. The van der Waals surface area contributed by atoms with Gasteiger partial charge in [-0.05, 0) is 38.3 Å². The van der Waals surface area contributed by atoms with Crippen LogP contribution in [-0.4, -0.2) is 31.8 Å². The van der Waals surface area contributed by atoms with Gasteiger partial charge in [0.1, 0.15) is 5.60 Å². The van der Waals surface area contributed by atoms with E-state index in [2.05, 4.69) is 18.3 Å². The number of anilines is 1. The summed E-state index contributed by atoms with van der Waals surface area (Å²) in [5.41, 5.74) is 2.75. The maximum atomic E-state index is 12.0. The topological polar surface area (TPSA) is 47.6 Å². The van der Waals surface area contributed by atoms with E-state index in [1.54, 1.807) is 7.11 Å². The van der Waals surface area contributed by atoms with Crippen molar-refractivity contribution in [2.75, 3.05) is 25.6 Å². The molecule has 0 fully saturated rings. The molecule has 4 nitrogen and oxygen atoms in total. The summed E-state index contributed by atoms with van der Waals surface area (Å²) in [5.74, 6) is -0.203. The summed E-state index contributed by atoms with van der Waals surface area (Å²) in [5, 5.41) is 3.37. The second kappa shape index (κ2) is 8.03. The lowest BCUT2D eigenvalue weighted by Crippen LogP contribution is -2.25. The van der Waals surface area contributed by atoms with Gasteiger partial charge >= 0.3 is 5.97 Å². The number of para-hydroxylation sites is 1. The molecule has 0 unspecified atom stereocenters. The van der Waals surface area contributed by atoms with E-state index in [0.29, 0.717) is 6.61 Å². The van der Waals surface area contributed by atoms with Crippen LogP contribution in [0.4, 0.5) is 5.69 Å². The van der Waals surface area contributed by atoms with Crippen molar-refractivity contribution < 1.29 is 14.3 Å². The molecule has 0 aromatic heterocycles. The third kappa shape index (κ3) is 6.17. The molecule has 118 valence electrons. The average Bonchev–Trinajstić information content (AvgIpc) is 2.38. The molecule has 0 bridgehead atoms. The molecule has 0 amide bonds. The fraction of sp³-hybridized carbons (Fsp3) is 0.588. The molecular formula is C17H27NO3. The molecule has 0 saturated heterocycles. The van der Waals surface area contributed by atoms with Crippen molar-refractivity contribution in [2.45, 2.75) is 46.1 Å². The van der Waals surface area contributed by atoms with Gasteiger partial charge in [0.25, 0.3) is 0 Å². The summed E-state index contributed by atoms with van der Waals surface area (Å²) in [6, 6.07) is 6.03. The van der Waals surface area contributed by atoms with Crippen LogP contribution in [0.25, 0.3) is 0 Å². The highest BCUT2D eigenvalue weighted by molar-refractivity contribution is 5.76. The maximum Gasteiger partial charge on any atom is 0.310 e. The molecule has 1 aromatic rings. The first kappa shape index (κ1) is 17.5. The van der Waals surface area contributed by atoms with Crippen molar-refractivity contribution in [1.29, 1.82) is 0 Å². The number of benzene rings is 1. The Morgan fingerprint density at radius 2 is 1.90 bits per heavy atom. The molecule has 0 spiro atoms. The molecular weight excluding hydrogens is 266 g/mol. The van der Waals surface area contributed by atoms with Gasteiger partial charge in [-0.15, -0.1) is 0 Å². The van der Waals surface area contributed by atoms with Crippen LogP contribution in [0.1, 0.15) is 38.8 Å². The predicted octanol–water partition coefficient (Wildman–Crippen LogP) is 3.19. The van der Waals surface area contributed by atoms with Crippen LogP contribution in [0.5, 0.6) is 0 Å². The Labute approximate surface area is 127 Å². The second-order valence-corrected chi connectivity index (χ2v) is 5.99. The van der Waals surface area contributed by atoms with E-state index in [0.717, 1.165) is 24.2 Å². The van der Waals surface area contributed by atoms with Gasteiger partial charge in [-0.2, -0.15) is 0 Å². The summed E-state index contributed by atoms with van der Waals surface area (Å²) in [6.45, 7) is 9.09. The highest BCUT2D eigenvalue weighted by atomic mass is 16.6. The summed E-state index contributed by atoms with van der Waals surface area (Å²) >= 11 is 0. The Bertz CT molecular complexity index is 464. The normalized spacial score (nSPS) is 11.3. The van der Waals surface area contributed by atoms with E-state index in [1.165, 1.54) is 5.56 Å². The summed E-state index contributed by atoms with van der Waals surface area (Å²) < 4.78 is 10.5. The van der Waals surface area contributed by atoms with Crippen LogP contribution in [0.15, 0.2) is 18.2 Å². The SMILES string of the molecule is CCc1cccc(CC(=O)OC(C)(C)C)c1NCCOC. The van der Waals surface area contributed by atoms with Crippen molar-refractivity contribution in [1.82, 2.24) is 0 Å². The number of esters is 1. The van der Waals surface area contributed by atoms with Gasteiger partial charge in [0.2, 0.25) is 0 Å². The third-order valence-electron chi connectivity index (χ3n) is 2.98. The van der Waals surface area contributed by atoms with Gasteiger partial charge in [-0.3, -0.25) is 4.79 Å².